The zero-order chi connectivity index (χ0) is 25.9. The van der Waals surface area contributed by atoms with E-state index >= 15 is 0 Å². The zero-order valence-corrected chi connectivity index (χ0v) is 19.1. The zero-order valence-electron chi connectivity index (χ0n) is 19.1. The summed E-state index contributed by atoms with van der Waals surface area (Å²) in [6, 6.07) is 10.6. The molecule has 192 valence electrons. The average Bonchev–Trinajstić information content (AvgIpc) is 2.81. The number of benzene rings is 2. The normalized spacial score (nSPS) is 15.8. The maximum absolute atomic E-state index is 13.1. The molecule has 2 aromatic carbocycles. The first-order valence-corrected chi connectivity index (χ1v) is 11.2. The predicted octanol–water partition coefficient (Wildman–Crippen LogP) is 4.90. The second-order valence-electron chi connectivity index (χ2n) is 8.48. The number of hydrogen-bond donors (Lipinski definition) is 2. The highest BCUT2D eigenvalue weighted by Gasteiger charge is 2.71. The van der Waals surface area contributed by atoms with E-state index < -0.39 is 23.5 Å². The summed E-state index contributed by atoms with van der Waals surface area (Å²) < 4.78 is 78.4. The van der Waals surface area contributed by atoms with Crippen molar-refractivity contribution in [2.75, 3.05) is 32.7 Å². The van der Waals surface area contributed by atoms with Gasteiger partial charge in [-0.25, -0.2) is 4.79 Å². The van der Waals surface area contributed by atoms with Crippen LogP contribution in [0, 0.1) is 0 Å². The first-order chi connectivity index (χ1) is 16.4. The van der Waals surface area contributed by atoms with Gasteiger partial charge in [-0.1, -0.05) is 55.5 Å². The summed E-state index contributed by atoms with van der Waals surface area (Å²) in [6.07, 6.45) is -11.0. The molecule has 11 heteroatoms. The van der Waals surface area contributed by atoms with Crippen LogP contribution in [0.3, 0.4) is 0 Å². The Kier molecular flexibility index (Phi) is 8.00. The molecule has 5 nitrogen and oxygen atoms in total. The number of hydrogen-bond acceptors (Lipinski definition) is 3. The molecular formula is C24H27F6N3O2. The molecule has 0 unspecified atom stereocenters. The molecule has 0 spiro atoms. The maximum atomic E-state index is 13.1. The lowest BCUT2D eigenvalue weighted by molar-refractivity contribution is -0.376. The summed E-state index contributed by atoms with van der Waals surface area (Å²) in [4.78, 5) is 16.0. The molecule has 0 radical (unpaired) electrons. The van der Waals surface area contributed by atoms with E-state index in [2.05, 4.69) is 10.2 Å². The van der Waals surface area contributed by atoms with Gasteiger partial charge in [-0.15, -0.1) is 0 Å². The van der Waals surface area contributed by atoms with E-state index in [-0.39, 0.29) is 6.03 Å². The number of carbonyl (C=O) groups is 1. The largest absolute Gasteiger partial charge is 0.430 e. The molecule has 1 fully saturated rings. The number of piperazine rings is 1. The van der Waals surface area contributed by atoms with Crippen LogP contribution in [0.15, 0.2) is 48.5 Å². The quantitative estimate of drug-likeness (QED) is 0.552. The van der Waals surface area contributed by atoms with Crippen molar-refractivity contribution >= 4 is 6.03 Å². The van der Waals surface area contributed by atoms with Crippen molar-refractivity contribution in [2.45, 2.75) is 37.8 Å². The molecule has 3 rings (SSSR count). The third-order valence-corrected chi connectivity index (χ3v) is 6.00. The van der Waals surface area contributed by atoms with Crippen LogP contribution in [0.25, 0.3) is 11.1 Å². The van der Waals surface area contributed by atoms with Gasteiger partial charge in [0.15, 0.2) is 0 Å². The molecule has 0 bridgehead atoms. The lowest BCUT2D eigenvalue weighted by Gasteiger charge is -2.34. The Morgan fingerprint density at radius 1 is 0.857 bits per heavy atom. The van der Waals surface area contributed by atoms with Gasteiger partial charge in [-0.3, -0.25) is 4.90 Å². The minimum Gasteiger partial charge on any atom is -0.369 e. The van der Waals surface area contributed by atoms with Gasteiger partial charge in [0.1, 0.15) is 0 Å². The van der Waals surface area contributed by atoms with Crippen LogP contribution in [0.1, 0.15) is 24.5 Å². The van der Waals surface area contributed by atoms with Gasteiger partial charge in [0, 0.05) is 44.8 Å². The van der Waals surface area contributed by atoms with E-state index in [9.17, 15) is 36.2 Å². The molecule has 1 heterocycles. The fraction of sp³-hybridized carbons (Fsp3) is 0.458. The highest BCUT2D eigenvalue weighted by Crippen LogP contribution is 2.50. The smallest absolute Gasteiger partial charge is 0.369 e. The molecule has 2 aromatic rings. The standard InChI is InChI=1S/C24H27F6N3O2/c1-2-11-31-21(34)33-14-12-32(13-15-33)16-17-3-5-18(6-4-17)19-7-9-20(10-8-19)22(35,23(25,26)27)24(28,29)30/h3-10,35H,2,11-16H2,1H3,(H,31,34). The van der Waals surface area contributed by atoms with E-state index in [1.165, 1.54) is 0 Å². The van der Waals surface area contributed by atoms with Crippen molar-refractivity contribution in [3.05, 3.63) is 59.7 Å². The topological polar surface area (TPSA) is 55.8 Å². The van der Waals surface area contributed by atoms with Gasteiger partial charge in [0.05, 0.1) is 0 Å². The van der Waals surface area contributed by atoms with Crippen LogP contribution in [0.4, 0.5) is 31.1 Å². The molecule has 0 atom stereocenters. The van der Waals surface area contributed by atoms with Crippen LogP contribution < -0.4 is 5.32 Å². The van der Waals surface area contributed by atoms with Crippen LogP contribution >= 0.6 is 0 Å². The molecule has 1 saturated heterocycles. The molecule has 0 aliphatic carbocycles. The first-order valence-electron chi connectivity index (χ1n) is 11.2. The molecular weight excluding hydrogens is 476 g/mol. The monoisotopic (exact) mass is 503 g/mol. The fourth-order valence-corrected chi connectivity index (χ4v) is 3.91. The van der Waals surface area contributed by atoms with E-state index in [0.717, 1.165) is 24.1 Å². The van der Waals surface area contributed by atoms with Gasteiger partial charge < -0.3 is 15.3 Å². The number of halogens is 6. The number of carbonyl (C=O) groups excluding carboxylic acids is 1. The number of alkyl halides is 6. The van der Waals surface area contributed by atoms with Crippen molar-refractivity contribution in [3.8, 4) is 11.1 Å². The molecule has 0 saturated carbocycles. The number of aliphatic hydroxyl groups is 1. The molecule has 2 amide bonds. The summed E-state index contributed by atoms with van der Waals surface area (Å²) in [6.45, 7) is 5.92. The lowest BCUT2D eigenvalue weighted by atomic mass is 9.90. The van der Waals surface area contributed by atoms with E-state index in [1.807, 2.05) is 19.1 Å². The van der Waals surface area contributed by atoms with Gasteiger partial charge in [-0.05, 0) is 23.1 Å². The second-order valence-corrected chi connectivity index (χ2v) is 8.48. The van der Waals surface area contributed by atoms with Gasteiger partial charge in [-0.2, -0.15) is 26.3 Å². The van der Waals surface area contributed by atoms with Crippen LogP contribution in [0.5, 0.6) is 0 Å². The summed E-state index contributed by atoms with van der Waals surface area (Å²) in [5, 5.41) is 12.4. The number of nitrogens with zero attached hydrogens (tertiary/aromatic N) is 2. The minimum absolute atomic E-state index is 0.0641. The van der Waals surface area contributed by atoms with Crippen molar-refractivity contribution < 1.29 is 36.2 Å². The summed E-state index contributed by atoms with van der Waals surface area (Å²) in [7, 11) is 0. The Labute approximate surface area is 199 Å². The van der Waals surface area contributed by atoms with Crippen molar-refractivity contribution in [2.24, 2.45) is 0 Å². The van der Waals surface area contributed by atoms with Crippen molar-refractivity contribution in [1.29, 1.82) is 0 Å². The molecule has 0 aromatic heterocycles. The minimum atomic E-state index is -5.92. The Hall–Kier alpha value is -2.79. The SMILES string of the molecule is CCCNC(=O)N1CCN(Cc2ccc(-c3ccc(C(O)(C(F)(F)F)C(F)(F)F)cc3)cc2)CC1. The van der Waals surface area contributed by atoms with Crippen LogP contribution in [-0.4, -0.2) is 66.0 Å². The predicted molar refractivity (Wildman–Crippen MR) is 118 cm³/mol. The van der Waals surface area contributed by atoms with Gasteiger partial charge >= 0.3 is 18.4 Å². The third kappa shape index (κ3) is 5.90. The second kappa shape index (κ2) is 10.4. The third-order valence-electron chi connectivity index (χ3n) is 6.00. The Morgan fingerprint density at radius 3 is 1.80 bits per heavy atom. The summed E-state index contributed by atoms with van der Waals surface area (Å²) in [5.74, 6) is 0. The van der Waals surface area contributed by atoms with Gasteiger partial charge in [0.25, 0.3) is 5.60 Å². The number of nitrogens with one attached hydrogen (secondary N) is 1. The van der Waals surface area contributed by atoms with Crippen molar-refractivity contribution in [3.63, 3.8) is 0 Å². The maximum Gasteiger partial charge on any atom is 0.430 e. The first kappa shape index (κ1) is 26.8. The molecule has 35 heavy (non-hydrogen) atoms. The number of amides is 2. The Bertz CT molecular complexity index is 968. The average molecular weight is 503 g/mol. The van der Waals surface area contributed by atoms with Crippen LogP contribution in [-0.2, 0) is 12.1 Å². The molecule has 2 N–H and O–H groups in total. The fourth-order valence-electron chi connectivity index (χ4n) is 3.91. The highest BCUT2D eigenvalue weighted by molar-refractivity contribution is 5.74. The van der Waals surface area contributed by atoms with E-state index in [1.54, 1.807) is 17.0 Å². The molecule has 1 aliphatic heterocycles. The van der Waals surface area contributed by atoms with E-state index in [0.29, 0.717) is 62.5 Å². The summed E-state index contributed by atoms with van der Waals surface area (Å²) in [5.41, 5.74) is -4.22. The Morgan fingerprint density at radius 2 is 1.34 bits per heavy atom. The van der Waals surface area contributed by atoms with Crippen molar-refractivity contribution in [1.82, 2.24) is 15.1 Å². The summed E-state index contributed by atoms with van der Waals surface area (Å²) >= 11 is 0. The van der Waals surface area contributed by atoms with E-state index in [4.69, 9.17) is 0 Å². The number of urea groups is 1. The lowest BCUT2D eigenvalue weighted by Crippen LogP contribution is -2.53. The number of rotatable bonds is 6. The Balaban J connectivity index is 1.63. The molecule has 1 aliphatic rings. The van der Waals surface area contributed by atoms with Gasteiger partial charge in [0.2, 0.25) is 0 Å². The van der Waals surface area contributed by atoms with Crippen LogP contribution in [0.2, 0.25) is 0 Å². The highest BCUT2D eigenvalue weighted by atomic mass is 19.4.